The number of aliphatic hydroxyl groups is 1. The lowest BCUT2D eigenvalue weighted by Gasteiger charge is -2.31. The fraction of sp³-hybridized carbons (Fsp3) is 0.458. The predicted molar refractivity (Wildman–Crippen MR) is 147 cm³/mol. The maximum atomic E-state index is 14.1. The van der Waals surface area contributed by atoms with Crippen LogP contribution in [0.2, 0.25) is 0 Å². The zero-order valence-electron chi connectivity index (χ0n) is 21.8. The number of nitro groups is 1. The molecule has 2 fully saturated rings. The minimum absolute atomic E-state index is 0.0395. The van der Waals surface area contributed by atoms with Crippen molar-refractivity contribution in [1.29, 1.82) is 0 Å². The number of carbonyl (C=O) groups is 1. The Morgan fingerprint density at radius 2 is 2.02 bits per heavy atom. The average Bonchev–Trinajstić information content (AvgIpc) is 3.55. The van der Waals surface area contributed by atoms with Crippen molar-refractivity contribution >= 4 is 41.4 Å². The number of benzene rings is 1. The van der Waals surface area contributed by atoms with Gasteiger partial charge in [0.1, 0.15) is 23.6 Å². The standard InChI is InChI=1S/C24H28BrN4O11P/c1-37-22(32)24(9-2-3-10-24)27-41(36,40-17-6-4-16(5-7-17)29(34)35)38-14-19-18(30)12-20(39-19)28-13-15(8-11-25)21(31)26-23(28)33/h4-8,11,13,18-20,30H,2-3,9-10,12,14H2,1H3,(H,27,36)(H,26,31,33)/t18?,19-,20-,41?/m1/s1. The lowest BCUT2D eigenvalue weighted by Crippen LogP contribution is -2.50. The summed E-state index contributed by atoms with van der Waals surface area (Å²) in [4.78, 5) is 51.2. The summed E-state index contributed by atoms with van der Waals surface area (Å²) < 4.78 is 37.3. The Morgan fingerprint density at radius 1 is 1.34 bits per heavy atom. The lowest BCUT2D eigenvalue weighted by atomic mass is 10.00. The number of carbonyl (C=O) groups excluding carboxylic acids is 1. The SMILES string of the molecule is COC(=O)C1(NP(=O)(OC[C@H]2O[C@@H](n3cc(C=CBr)c(=O)[nH]c3=O)CC2O)Oc2ccc([N+](=O)[O-])cc2)CCCC1. The van der Waals surface area contributed by atoms with Crippen LogP contribution in [0, 0.1) is 10.1 Å². The second kappa shape index (κ2) is 12.8. The van der Waals surface area contributed by atoms with Crippen LogP contribution >= 0.6 is 23.7 Å². The summed E-state index contributed by atoms with van der Waals surface area (Å²) in [5.74, 6) is -0.698. The largest absolute Gasteiger partial charge is 0.468 e. The predicted octanol–water partition coefficient (Wildman–Crippen LogP) is 2.74. The van der Waals surface area contributed by atoms with Gasteiger partial charge in [-0.2, -0.15) is 5.09 Å². The van der Waals surface area contributed by atoms with Gasteiger partial charge in [-0.15, -0.1) is 0 Å². The van der Waals surface area contributed by atoms with Crippen LogP contribution in [-0.2, 0) is 23.4 Å². The molecule has 1 saturated carbocycles. The minimum atomic E-state index is -4.41. The van der Waals surface area contributed by atoms with Crippen molar-refractivity contribution in [3.8, 4) is 5.75 Å². The van der Waals surface area contributed by atoms with Crippen molar-refractivity contribution in [2.45, 2.75) is 56.1 Å². The Kier molecular flexibility index (Phi) is 9.62. The highest BCUT2D eigenvalue weighted by Gasteiger charge is 2.49. The Labute approximate surface area is 241 Å². The van der Waals surface area contributed by atoms with E-state index in [1.54, 1.807) is 0 Å². The Bertz CT molecular complexity index is 1470. The molecule has 1 aliphatic heterocycles. The summed E-state index contributed by atoms with van der Waals surface area (Å²) in [7, 11) is -3.21. The van der Waals surface area contributed by atoms with Gasteiger partial charge in [0.15, 0.2) is 0 Å². The van der Waals surface area contributed by atoms with Crippen molar-refractivity contribution < 1.29 is 37.9 Å². The number of ether oxygens (including phenoxy) is 2. The second-order valence-electron chi connectivity index (χ2n) is 9.50. The summed E-state index contributed by atoms with van der Waals surface area (Å²) in [6, 6.07) is 4.77. The zero-order valence-corrected chi connectivity index (χ0v) is 24.2. The molecular formula is C24H28BrN4O11P. The molecular weight excluding hydrogens is 631 g/mol. The number of aromatic amines is 1. The summed E-state index contributed by atoms with van der Waals surface area (Å²) >= 11 is 3.08. The van der Waals surface area contributed by atoms with E-state index < -0.39 is 60.5 Å². The van der Waals surface area contributed by atoms with Crippen LogP contribution in [0.5, 0.6) is 5.75 Å². The van der Waals surface area contributed by atoms with Crippen LogP contribution in [0.25, 0.3) is 6.08 Å². The highest BCUT2D eigenvalue weighted by molar-refractivity contribution is 9.11. The summed E-state index contributed by atoms with van der Waals surface area (Å²) in [6.07, 6.45) is 1.31. The number of aliphatic hydroxyl groups excluding tert-OH is 1. The van der Waals surface area contributed by atoms with Crippen LogP contribution in [0.4, 0.5) is 5.69 Å². The van der Waals surface area contributed by atoms with Crippen LogP contribution in [0.3, 0.4) is 0 Å². The summed E-state index contributed by atoms with van der Waals surface area (Å²) in [6.45, 7) is -0.488. The molecule has 1 saturated heterocycles. The first-order chi connectivity index (χ1) is 19.5. The quantitative estimate of drug-likeness (QED) is 0.138. The van der Waals surface area contributed by atoms with Gasteiger partial charge in [0.2, 0.25) is 0 Å². The number of non-ortho nitro benzene ring substituents is 1. The van der Waals surface area contributed by atoms with E-state index in [9.17, 15) is 34.2 Å². The van der Waals surface area contributed by atoms with E-state index in [1.165, 1.54) is 36.5 Å². The van der Waals surface area contributed by atoms with Gasteiger partial charge in [-0.05, 0) is 36.0 Å². The van der Waals surface area contributed by atoms with Crippen molar-refractivity contribution in [2.75, 3.05) is 13.7 Å². The highest BCUT2D eigenvalue weighted by atomic mass is 79.9. The van der Waals surface area contributed by atoms with Crippen molar-refractivity contribution in [1.82, 2.24) is 14.6 Å². The van der Waals surface area contributed by atoms with E-state index in [1.807, 2.05) is 0 Å². The molecule has 17 heteroatoms. The molecule has 3 N–H and O–H groups in total. The molecule has 222 valence electrons. The van der Waals surface area contributed by atoms with Gasteiger partial charge < -0.3 is 19.1 Å². The molecule has 4 rings (SSSR count). The third-order valence-corrected chi connectivity index (χ3v) is 8.72. The monoisotopic (exact) mass is 658 g/mol. The number of esters is 1. The number of nitrogens with one attached hydrogen (secondary N) is 2. The number of nitrogens with zero attached hydrogens (tertiary/aromatic N) is 2. The van der Waals surface area contributed by atoms with E-state index in [-0.39, 0.29) is 23.4 Å². The van der Waals surface area contributed by atoms with Crippen molar-refractivity contribution in [2.24, 2.45) is 0 Å². The van der Waals surface area contributed by atoms with E-state index >= 15 is 0 Å². The molecule has 0 radical (unpaired) electrons. The fourth-order valence-electron chi connectivity index (χ4n) is 4.76. The molecule has 2 aliphatic rings. The number of nitro benzene ring substituents is 1. The number of H-pyrrole nitrogens is 1. The van der Waals surface area contributed by atoms with Crippen LogP contribution in [0.1, 0.15) is 43.9 Å². The van der Waals surface area contributed by atoms with Gasteiger partial charge in [-0.25, -0.2) is 9.36 Å². The fourth-order valence-corrected chi connectivity index (χ4v) is 6.78. The van der Waals surface area contributed by atoms with Crippen molar-refractivity contribution in [3.63, 3.8) is 0 Å². The Hall–Kier alpha value is -3.14. The van der Waals surface area contributed by atoms with E-state index in [2.05, 4.69) is 26.0 Å². The van der Waals surface area contributed by atoms with Gasteiger partial charge in [-0.3, -0.25) is 33.8 Å². The first-order valence-electron chi connectivity index (χ1n) is 12.5. The van der Waals surface area contributed by atoms with Gasteiger partial charge in [0.05, 0.1) is 30.3 Å². The smallest absolute Gasteiger partial charge is 0.459 e. The van der Waals surface area contributed by atoms with Crippen molar-refractivity contribution in [3.05, 3.63) is 72.0 Å². The zero-order chi connectivity index (χ0) is 29.8. The van der Waals surface area contributed by atoms with E-state index in [0.29, 0.717) is 25.7 Å². The Morgan fingerprint density at radius 3 is 2.63 bits per heavy atom. The third-order valence-electron chi connectivity index (χ3n) is 6.82. The third kappa shape index (κ3) is 7.02. The molecule has 41 heavy (non-hydrogen) atoms. The number of hydrogen-bond donors (Lipinski definition) is 3. The van der Waals surface area contributed by atoms with Gasteiger partial charge in [-0.1, -0.05) is 28.8 Å². The van der Waals surface area contributed by atoms with E-state index in [4.69, 9.17) is 18.5 Å². The van der Waals surface area contributed by atoms with E-state index in [0.717, 1.165) is 16.7 Å². The highest BCUT2D eigenvalue weighted by Crippen LogP contribution is 2.50. The molecule has 2 aromatic rings. The molecule has 1 aromatic carbocycles. The van der Waals surface area contributed by atoms with Gasteiger partial charge in [0, 0.05) is 24.8 Å². The summed E-state index contributed by atoms with van der Waals surface area (Å²) in [5, 5.41) is 24.4. The molecule has 0 spiro atoms. The topological polar surface area (TPSA) is 201 Å². The number of methoxy groups -OCH3 is 1. The van der Waals surface area contributed by atoms with Gasteiger partial charge >= 0.3 is 19.4 Å². The normalized spacial score (nSPS) is 23.3. The molecule has 2 heterocycles. The number of hydrogen-bond acceptors (Lipinski definition) is 11. The average molecular weight is 659 g/mol. The second-order valence-corrected chi connectivity index (χ2v) is 11.7. The van der Waals surface area contributed by atoms with Crippen LogP contribution < -0.4 is 20.9 Å². The molecule has 15 nitrogen and oxygen atoms in total. The molecule has 4 atom stereocenters. The van der Waals surface area contributed by atoms with Crippen LogP contribution in [0.15, 0.2) is 45.0 Å². The number of aromatic nitrogens is 2. The maximum Gasteiger partial charge on any atom is 0.459 e. The lowest BCUT2D eigenvalue weighted by molar-refractivity contribution is -0.384. The number of halogens is 1. The molecule has 0 amide bonds. The number of rotatable bonds is 11. The first-order valence-corrected chi connectivity index (χ1v) is 15.0. The molecule has 1 aliphatic carbocycles. The van der Waals surface area contributed by atoms with Gasteiger partial charge in [0.25, 0.3) is 11.2 Å². The molecule has 1 aromatic heterocycles. The van der Waals surface area contributed by atoms with Crippen LogP contribution in [-0.4, -0.2) is 57.0 Å². The maximum absolute atomic E-state index is 14.1. The minimum Gasteiger partial charge on any atom is -0.468 e. The first kappa shape index (κ1) is 30.8. The molecule has 2 unspecified atom stereocenters. The Balaban J connectivity index is 1.56. The summed E-state index contributed by atoms with van der Waals surface area (Å²) in [5.41, 5.74) is -2.79. The molecule has 0 bridgehead atoms.